The highest BCUT2D eigenvalue weighted by Gasteiger charge is 2.00. The molecular formula is C56H72O3. The highest BCUT2D eigenvalue weighted by Crippen LogP contribution is 2.16. The molecule has 0 aliphatic rings. The summed E-state index contributed by atoms with van der Waals surface area (Å²) < 4.78 is 10.3. The zero-order chi connectivity index (χ0) is 44.5. The zero-order valence-corrected chi connectivity index (χ0v) is 38.3. The van der Waals surface area contributed by atoms with E-state index < -0.39 is 0 Å². The second-order valence-corrected chi connectivity index (χ2v) is 11.0. The van der Waals surface area contributed by atoms with Crippen LogP contribution in [0.2, 0.25) is 0 Å². The van der Waals surface area contributed by atoms with Crippen LogP contribution < -0.4 is 9.47 Å². The minimum absolute atomic E-state index is 0.0360. The van der Waals surface area contributed by atoms with Gasteiger partial charge in [-0.2, -0.15) is 0 Å². The molecule has 0 heterocycles. The van der Waals surface area contributed by atoms with Crippen LogP contribution in [0.1, 0.15) is 113 Å². The molecular weight excluding hydrogens is 721 g/mol. The normalized spacial score (nSPS) is 9.31. The van der Waals surface area contributed by atoms with Crippen molar-refractivity contribution in [2.24, 2.45) is 0 Å². The molecule has 59 heavy (non-hydrogen) atoms. The zero-order valence-electron chi connectivity index (χ0n) is 38.3. The molecule has 0 aliphatic carbocycles. The van der Waals surface area contributed by atoms with Gasteiger partial charge in [-0.05, 0) is 65.1 Å². The number of carbonyl (C=O) groups is 1. The average Bonchev–Trinajstić information content (AvgIpc) is 3.34. The summed E-state index contributed by atoms with van der Waals surface area (Å²) in [6.07, 6.45) is 11.8. The lowest BCUT2D eigenvalue weighted by molar-refractivity contribution is 0.104. The van der Waals surface area contributed by atoms with E-state index in [2.05, 4.69) is 54.6 Å². The maximum Gasteiger partial charge on any atom is 0.185 e. The highest BCUT2D eigenvalue weighted by molar-refractivity contribution is 6.06. The third-order valence-corrected chi connectivity index (χ3v) is 7.31. The fourth-order valence-corrected chi connectivity index (χ4v) is 4.52. The maximum absolute atomic E-state index is 11.8. The molecule has 0 aliphatic heterocycles. The largest absolute Gasteiger partial charge is 0.497 e. The van der Waals surface area contributed by atoms with Crippen molar-refractivity contribution in [3.63, 3.8) is 0 Å². The van der Waals surface area contributed by atoms with E-state index in [1.807, 2.05) is 216 Å². The fourth-order valence-electron chi connectivity index (χ4n) is 4.52. The molecule has 0 unspecified atom stereocenters. The van der Waals surface area contributed by atoms with E-state index >= 15 is 0 Å². The van der Waals surface area contributed by atoms with Crippen LogP contribution in [-0.4, -0.2) is 20.0 Å². The van der Waals surface area contributed by atoms with E-state index in [1.165, 1.54) is 16.7 Å². The third-order valence-electron chi connectivity index (χ3n) is 7.31. The minimum Gasteiger partial charge on any atom is -0.497 e. The van der Waals surface area contributed by atoms with Crippen molar-refractivity contribution in [3.05, 3.63) is 209 Å². The van der Waals surface area contributed by atoms with Crippen LogP contribution in [0.4, 0.5) is 0 Å². The van der Waals surface area contributed by atoms with Gasteiger partial charge in [0.05, 0.1) is 14.2 Å². The van der Waals surface area contributed by atoms with Gasteiger partial charge in [-0.15, -0.1) is 0 Å². The standard InChI is InChI=1S/C16H14O.2C15H14O.5C2H6/c1-13-7-10-15(11-8-13)16(17)12-9-14-5-3-2-4-6-14;1-16-15-9-5-8-14(12-15)11-10-13-6-3-2-4-7-13;1-16-15-11-9-14(10-12-15)8-7-13-5-3-2-4-6-13;5*1-2/h2-12H,1H3;2*2-12H,1H3;5*1-2H3/b12-9+;11-10+;8-7+;;;;;. The van der Waals surface area contributed by atoms with E-state index in [9.17, 15) is 4.79 Å². The van der Waals surface area contributed by atoms with Crippen molar-refractivity contribution < 1.29 is 14.3 Å². The summed E-state index contributed by atoms with van der Waals surface area (Å²) in [7, 11) is 3.36. The van der Waals surface area contributed by atoms with Crippen molar-refractivity contribution >= 4 is 36.2 Å². The van der Waals surface area contributed by atoms with Crippen molar-refractivity contribution in [1.29, 1.82) is 0 Å². The van der Waals surface area contributed by atoms with E-state index in [4.69, 9.17) is 9.47 Å². The number of hydrogen-bond donors (Lipinski definition) is 0. The number of carbonyl (C=O) groups excluding carboxylic acids is 1. The molecule has 0 saturated carbocycles. The van der Waals surface area contributed by atoms with E-state index in [1.54, 1.807) is 20.3 Å². The smallest absolute Gasteiger partial charge is 0.185 e. The molecule has 314 valence electrons. The van der Waals surface area contributed by atoms with Crippen LogP contribution in [0.5, 0.6) is 11.5 Å². The first kappa shape index (κ1) is 54.9. The Morgan fingerprint density at radius 1 is 0.373 bits per heavy atom. The Hall–Kier alpha value is -6.19. The Labute approximate surface area is 359 Å². The Kier molecular flexibility index (Phi) is 36.0. The van der Waals surface area contributed by atoms with Gasteiger partial charge in [0.25, 0.3) is 0 Å². The summed E-state index contributed by atoms with van der Waals surface area (Å²) in [6, 6.07) is 53.9. The predicted octanol–water partition coefficient (Wildman–Crippen LogP) is 16.8. The number of rotatable bonds is 9. The number of ether oxygens (including phenoxy) is 2. The molecule has 6 rings (SSSR count). The number of ketones is 1. The van der Waals surface area contributed by atoms with E-state index in [0.717, 1.165) is 33.8 Å². The molecule has 0 saturated heterocycles. The Morgan fingerprint density at radius 2 is 0.729 bits per heavy atom. The summed E-state index contributed by atoms with van der Waals surface area (Å²) in [6.45, 7) is 22.0. The molecule has 0 radical (unpaired) electrons. The molecule has 3 heteroatoms. The molecule has 3 nitrogen and oxygen atoms in total. The Balaban J connectivity index is 0. The molecule has 6 aromatic carbocycles. The second-order valence-electron chi connectivity index (χ2n) is 11.0. The summed E-state index contributed by atoms with van der Waals surface area (Å²) in [4.78, 5) is 11.8. The Bertz CT molecular complexity index is 1910. The van der Waals surface area contributed by atoms with Gasteiger partial charge in [-0.25, -0.2) is 0 Å². The number of aryl methyl sites for hydroxylation is 1. The summed E-state index contributed by atoms with van der Waals surface area (Å²) >= 11 is 0. The van der Waals surface area contributed by atoms with Crippen molar-refractivity contribution in [2.75, 3.05) is 14.2 Å². The van der Waals surface area contributed by atoms with Crippen LogP contribution in [0, 0.1) is 6.92 Å². The minimum atomic E-state index is 0.0360. The van der Waals surface area contributed by atoms with Crippen LogP contribution in [0.25, 0.3) is 30.4 Å². The predicted molar refractivity (Wildman–Crippen MR) is 264 cm³/mol. The van der Waals surface area contributed by atoms with Crippen molar-refractivity contribution in [2.45, 2.75) is 76.2 Å². The van der Waals surface area contributed by atoms with Crippen LogP contribution in [-0.2, 0) is 0 Å². The summed E-state index contributed by atoms with van der Waals surface area (Å²) in [5.41, 5.74) is 7.64. The van der Waals surface area contributed by atoms with Gasteiger partial charge in [0.1, 0.15) is 11.5 Å². The highest BCUT2D eigenvalue weighted by atomic mass is 16.5. The number of methoxy groups -OCH3 is 2. The molecule has 0 fully saturated rings. The lowest BCUT2D eigenvalue weighted by Gasteiger charge is -1.99. The molecule has 0 aromatic heterocycles. The van der Waals surface area contributed by atoms with E-state index in [0.29, 0.717) is 0 Å². The monoisotopic (exact) mass is 793 g/mol. The lowest BCUT2D eigenvalue weighted by Crippen LogP contribution is -1.93. The molecule has 6 aromatic rings. The van der Waals surface area contributed by atoms with Gasteiger partial charge in [0, 0.05) is 5.56 Å². The number of benzene rings is 6. The maximum atomic E-state index is 11.8. The van der Waals surface area contributed by atoms with Crippen LogP contribution in [0.3, 0.4) is 0 Å². The number of hydrogen-bond acceptors (Lipinski definition) is 3. The second kappa shape index (κ2) is 38.7. The Morgan fingerprint density at radius 3 is 1.14 bits per heavy atom. The van der Waals surface area contributed by atoms with Gasteiger partial charge >= 0.3 is 0 Å². The third kappa shape index (κ3) is 25.6. The molecule has 0 N–H and O–H groups in total. The molecule has 0 amide bonds. The van der Waals surface area contributed by atoms with Gasteiger partial charge in [0.2, 0.25) is 0 Å². The SMILES string of the molecule is CC.CC.CC.CC.CC.COc1ccc(/C=C/c2ccccc2)cc1.COc1cccc(/C=C/c2ccccc2)c1.Cc1ccc(C(=O)/C=C/c2ccccc2)cc1. The van der Waals surface area contributed by atoms with E-state index in [-0.39, 0.29) is 5.78 Å². The van der Waals surface area contributed by atoms with Gasteiger partial charge < -0.3 is 9.47 Å². The molecule has 0 bridgehead atoms. The first-order valence-electron chi connectivity index (χ1n) is 21.1. The molecule has 0 spiro atoms. The average molecular weight is 793 g/mol. The van der Waals surface area contributed by atoms with Gasteiger partial charge in [-0.1, -0.05) is 245 Å². The lowest BCUT2D eigenvalue weighted by atomic mass is 10.1. The quantitative estimate of drug-likeness (QED) is 0.0831. The first-order chi connectivity index (χ1) is 29.0. The van der Waals surface area contributed by atoms with Gasteiger partial charge in [0.15, 0.2) is 5.78 Å². The summed E-state index contributed by atoms with van der Waals surface area (Å²) in [5.74, 6) is 1.81. The molecule has 0 atom stereocenters. The van der Waals surface area contributed by atoms with Crippen molar-refractivity contribution in [1.82, 2.24) is 0 Å². The topological polar surface area (TPSA) is 35.5 Å². The van der Waals surface area contributed by atoms with Crippen molar-refractivity contribution in [3.8, 4) is 11.5 Å². The first-order valence-corrected chi connectivity index (χ1v) is 21.1. The van der Waals surface area contributed by atoms with Gasteiger partial charge in [-0.3, -0.25) is 4.79 Å². The van der Waals surface area contributed by atoms with Crippen LogP contribution in [0.15, 0.2) is 170 Å². The van der Waals surface area contributed by atoms with Crippen LogP contribution >= 0.6 is 0 Å². The summed E-state index contributed by atoms with van der Waals surface area (Å²) in [5, 5.41) is 0. The number of allylic oxidation sites excluding steroid dienone is 1. The fraction of sp³-hybridized carbons (Fsp3) is 0.232.